The summed E-state index contributed by atoms with van der Waals surface area (Å²) in [7, 11) is -4.02. The highest BCUT2D eigenvalue weighted by molar-refractivity contribution is 8.00. The van der Waals surface area contributed by atoms with Gasteiger partial charge in [0.15, 0.2) is 26.2 Å². The Kier molecular flexibility index (Phi) is 3.97. The molecular formula is C15H16N2O6S2. The first kappa shape index (κ1) is 17.9. The Morgan fingerprint density at radius 3 is 2.52 bits per heavy atom. The summed E-state index contributed by atoms with van der Waals surface area (Å²) in [6.07, 6.45) is 2.77. The van der Waals surface area contributed by atoms with Crippen molar-refractivity contribution < 1.29 is 27.7 Å². The number of hydrogen-bond donors (Lipinski definition) is 1. The molecule has 0 saturated carbocycles. The van der Waals surface area contributed by atoms with E-state index in [1.807, 2.05) is 0 Å². The number of nitrogens with zero attached hydrogens (tertiary/aromatic N) is 2. The van der Waals surface area contributed by atoms with Crippen LogP contribution in [0.2, 0.25) is 0 Å². The Bertz CT molecular complexity index is 892. The van der Waals surface area contributed by atoms with Crippen LogP contribution in [0, 0.1) is 0 Å². The smallest absolute Gasteiger partial charge is 0.328 e. The lowest BCUT2D eigenvalue weighted by Crippen LogP contribution is -2.59. The number of aromatic nitrogens is 1. The molecule has 134 valence electrons. The highest BCUT2D eigenvalue weighted by Crippen LogP contribution is 2.50. The van der Waals surface area contributed by atoms with E-state index in [9.17, 15) is 27.7 Å². The Morgan fingerprint density at radius 2 is 2.04 bits per heavy atom. The molecule has 0 aliphatic carbocycles. The van der Waals surface area contributed by atoms with Crippen molar-refractivity contribution in [3.63, 3.8) is 0 Å². The number of hydrogen-bond acceptors (Lipinski definition) is 6. The third kappa shape index (κ3) is 2.24. The number of carboxylic acid groups (broad SMARTS) is 1. The number of aliphatic carboxylic acids is 1. The topological polar surface area (TPSA) is 128 Å². The van der Waals surface area contributed by atoms with E-state index in [-0.39, 0.29) is 16.2 Å². The van der Waals surface area contributed by atoms with Crippen LogP contribution in [0.4, 0.5) is 0 Å². The van der Waals surface area contributed by atoms with Gasteiger partial charge in [-0.15, -0.1) is 0 Å². The largest absolute Gasteiger partial charge is 0.612 e. The summed E-state index contributed by atoms with van der Waals surface area (Å²) in [4.78, 5) is 29.1. The van der Waals surface area contributed by atoms with Crippen molar-refractivity contribution in [2.75, 3.05) is 6.26 Å². The number of fused-ring (bicyclic) bond motifs is 1. The fourth-order valence-electron chi connectivity index (χ4n) is 3.32. The van der Waals surface area contributed by atoms with Crippen molar-refractivity contribution in [2.24, 2.45) is 0 Å². The van der Waals surface area contributed by atoms with E-state index in [1.165, 1.54) is 32.4 Å². The number of amides is 1. The number of pyridine rings is 1. The SMILES string of the molecule is C[S@+]([O-])/C(=C1\C(=O)N2[C@@H](C(=O)O)C(C)(C)S(=O)(=O)[C@H]12)c1ccccn1. The van der Waals surface area contributed by atoms with Gasteiger partial charge in [0.05, 0.1) is 0 Å². The predicted octanol–water partition coefficient (Wildman–Crippen LogP) is -0.000300. The molecule has 2 fully saturated rings. The Balaban J connectivity index is 2.25. The Hall–Kier alpha value is -1.91. The Labute approximate surface area is 147 Å². The summed E-state index contributed by atoms with van der Waals surface area (Å²) in [5.41, 5.74) is 0.0782. The zero-order chi connectivity index (χ0) is 18.7. The molecule has 0 unspecified atom stereocenters. The molecule has 2 aliphatic heterocycles. The van der Waals surface area contributed by atoms with Crippen LogP contribution in [0.1, 0.15) is 19.5 Å². The van der Waals surface area contributed by atoms with Gasteiger partial charge in [0.1, 0.15) is 22.3 Å². The molecule has 3 heterocycles. The van der Waals surface area contributed by atoms with Crippen molar-refractivity contribution in [1.29, 1.82) is 0 Å². The molecule has 1 aromatic heterocycles. The molecule has 0 aromatic carbocycles. The highest BCUT2D eigenvalue weighted by atomic mass is 32.2. The van der Waals surface area contributed by atoms with Gasteiger partial charge in [-0.05, 0) is 37.2 Å². The van der Waals surface area contributed by atoms with Gasteiger partial charge in [-0.1, -0.05) is 6.07 Å². The van der Waals surface area contributed by atoms with E-state index in [0.717, 1.165) is 4.90 Å². The number of sulfone groups is 1. The molecule has 2 aliphatic rings. The number of carbonyl (C=O) groups is 2. The highest BCUT2D eigenvalue weighted by Gasteiger charge is 2.71. The molecule has 8 nitrogen and oxygen atoms in total. The van der Waals surface area contributed by atoms with Crippen LogP contribution in [0.15, 0.2) is 30.0 Å². The molecule has 1 N–H and O–H groups in total. The van der Waals surface area contributed by atoms with Crippen LogP contribution in [0.5, 0.6) is 0 Å². The molecule has 3 rings (SSSR count). The standard InChI is InChI=1S/C15H16N2O6S2/c1-15(2)11(14(19)20)17-12(18)9(13(17)25(15,22)23)10(24(3)21)8-6-4-5-7-16-8/h4-7,11,13H,1-3H3,(H,19,20)/b10-9+/t11-,13+,24-/m0/s1. The summed E-state index contributed by atoms with van der Waals surface area (Å²) >= 11 is -1.69. The van der Waals surface area contributed by atoms with E-state index in [1.54, 1.807) is 12.1 Å². The van der Waals surface area contributed by atoms with E-state index < -0.39 is 49.1 Å². The fourth-order valence-corrected chi connectivity index (χ4v) is 6.47. The van der Waals surface area contributed by atoms with E-state index in [0.29, 0.717) is 0 Å². The molecule has 0 spiro atoms. The molecule has 25 heavy (non-hydrogen) atoms. The first-order valence-electron chi connectivity index (χ1n) is 7.31. The quantitative estimate of drug-likeness (QED) is 0.441. The molecule has 0 bridgehead atoms. The number of carboxylic acids is 1. The summed E-state index contributed by atoms with van der Waals surface area (Å²) in [6, 6.07) is 3.30. The van der Waals surface area contributed by atoms with Crippen molar-refractivity contribution >= 4 is 37.8 Å². The average Bonchev–Trinajstić information content (AvgIpc) is 2.66. The molecule has 0 radical (unpaired) electrons. The van der Waals surface area contributed by atoms with Crippen LogP contribution in [0.3, 0.4) is 0 Å². The monoisotopic (exact) mass is 384 g/mol. The van der Waals surface area contributed by atoms with E-state index in [2.05, 4.69) is 4.98 Å². The van der Waals surface area contributed by atoms with Crippen LogP contribution in [0.25, 0.3) is 4.91 Å². The van der Waals surface area contributed by atoms with Crippen LogP contribution in [-0.2, 0) is 30.6 Å². The maximum atomic E-state index is 12.9. The first-order valence-corrected chi connectivity index (χ1v) is 10.4. The van der Waals surface area contributed by atoms with Gasteiger partial charge < -0.3 is 14.6 Å². The van der Waals surface area contributed by atoms with Crippen molar-refractivity contribution in [3.8, 4) is 0 Å². The minimum atomic E-state index is -4.02. The van der Waals surface area contributed by atoms with Crippen LogP contribution >= 0.6 is 0 Å². The Morgan fingerprint density at radius 1 is 1.40 bits per heavy atom. The predicted molar refractivity (Wildman–Crippen MR) is 90.3 cm³/mol. The fraction of sp³-hybridized carbons (Fsp3) is 0.400. The minimum absolute atomic E-state index is 0.0252. The molecular weight excluding hydrogens is 368 g/mol. The maximum Gasteiger partial charge on any atom is 0.328 e. The zero-order valence-corrected chi connectivity index (χ0v) is 15.3. The second-order valence-corrected chi connectivity index (χ2v) is 10.3. The molecule has 2 saturated heterocycles. The van der Waals surface area contributed by atoms with Gasteiger partial charge in [-0.3, -0.25) is 9.78 Å². The maximum absolute atomic E-state index is 12.9. The zero-order valence-electron chi connectivity index (χ0n) is 13.7. The summed E-state index contributed by atoms with van der Waals surface area (Å²) < 4.78 is 36.4. The third-order valence-electron chi connectivity index (χ3n) is 4.59. The summed E-state index contributed by atoms with van der Waals surface area (Å²) in [6.45, 7) is 2.57. The van der Waals surface area contributed by atoms with Gasteiger partial charge in [-0.2, -0.15) is 0 Å². The number of rotatable bonds is 3. The second kappa shape index (κ2) is 5.55. The summed E-state index contributed by atoms with van der Waals surface area (Å²) in [5.74, 6) is -2.12. The van der Waals surface area contributed by atoms with Gasteiger partial charge in [-0.25, -0.2) is 13.2 Å². The normalized spacial score (nSPS) is 29.6. The van der Waals surface area contributed by atoms with Crippen molar-refractivity contribution in [1.82, 2.24) is 9.88 Å². The second-order valence-electron chi connectivity index (χ2n) is 6.37. The first-order chi connectivity index (χ1) is 11.5. The molecule has 1 aromatic rings. The van der Waals surface area contributed by atoms with E-state index in [4.69, 9.17) is 0 Å². The molecule has 1 amide bonds. The summed E-state index contributed by atoms with van der Waals surface area (Å²) in [5, 5.41) is 8.01. The lowest BCUT2D eigenvalue weighted by Gasteiger charge is -2.38. The van der Waals surface area contributed by atoms with Gasteiger partial charge in [0, 0.05) is 6.20 Å². The van der Waals surface area contributed by atoms with Crippen LogP contribution < -0.4 is 0 Å². The lowest BCUT2D eigenvalue weighted by molar-refractivity contribution is -0.152. The van der Waals surface area contributed by atoms with Gasteiger partial charge >= 0.3 is 5.97 Å². The number of β-lactam (4-membered cyclic amide) rings is 1. The van der Waals surface area contributed by atoms with Crippen LogP contribution in [-0.4, -0.2) is 62.3 Å². The molecule has 10 heteroatoms. The van der Waals surface area contributed by atoms with Crippen molar-refractivity contribution in [2.45, 2.75) is 30.0 Å². The lowest BCUT2D eigenvalue weighted by atomic mass is 9.95. The minimum Gasteiger partial charge on any atom is -0.612 e. The third-order valence-corrected chi connectivity index (χ3v) is 8.34. The van der Waals surface area contributed by atoms with Crippen molar-refractivity contribution in [3.05, 3.63) is 35.7 Å². The van der Waals surface area contributed by atoms with E-state index >= 15 is 0 Å². The number of carbonyl (C=O) groups excluding carboxylic acids is 1. The van der Waals surface area contributed by atoms with Gasteiger partial charge in [0.2, 0.25) is 0 Å². The van der Waals surface area contributed by atoms with Gasteiger partial charge in [0.25, 0.3) is 5.91 Å². The molecule has 3 atom stereocenters. The average molecular weight is 384 g/mol.